The molecule has 4 nitrogen and oxygen atoms in total. The molecule has 0 saturated heterocycles. The maximum Gasteiger partial charge on any atom is 0.108 e. The van der Waals surface area contributed by atoms with E-state index in [4.69, 9.17) is 15.6 Å². The number of hydrogen-bond acceptors (Lipinski definition) is 4. The van der Waals surface area contributed by atoms with E-state index >= 15 is 0 Å². The Hall–Kier alpha value is -1.17. The van der Waals surface area contributed by atoms with E-state index in [9.17, 15) is 0 Å². The van der Waals surface area contributed by atoms with Gasteiger partial charge in [0.2, 0.25) is 0 Å². The van der Waals surface area contributed by atoms with Gasteiger partial charge in [0.15, 0.2) is 0 Å². The third-order valence-electron chi connectivity index (χ3n) is 2.99. The summed E-state index contributed by atoms with van der Waals surface area (Å²) in [5, 5.41) is 6.77. The SMILES string of the molecule is NCCn1nc(-c2cccs2)c2c1CCOC2. The van der Waals surface area contributed by atoms with Gasteiger partial charge in [-0.1, -0.05) is 6.07 Å². The summed E-state index contributed by atoms with van der Waals surface area (Å²) in [6.07, 6.45) is 0.938. The minimum Gasteiger partial charge on any atom is -0.376 e. The van der Waals surface area contributed by atoms with Crippen molar-refractivity contribution in [3.05, 3.63) is 28.8 Å². The van der Waals surface area contributed by atoms with Crippen molar-refractivity contribution in [2.75, 3.05) is 13.2 Å². The van der Waals surface area contributed by atoms with Crippen LogP contribution in [0.1, 0.15) is 11.3 Å². The van der Waals surface area contributed by atoms with Gasteiger partial charge in [-0.15, -0.1) is 11.3 Å². The molecule has 0 aromatic carbocycles. The Morgan fingerprint density at radius 3 is 3.24 bits per heavy atom. The zero-order valence-corrected chi connectivity index (χ0v) is 10.4. The number of hydrogen-bond donors (Lipinski definition) is 1. The summed E-state index contributed by atoms with van der Waals surface area (Å²) in [6.45, 7) is 2.87. The van der Waals surface area contributed by atoms with E-state index in [0.717, 1.165) is 25.3 Å². The highest BCUT2D eigenvalue weighted by atomic mass is 32.1. The highest BCUT2D eigenvalue weighted by Crippen LogP contribution is 2.31. The van der Waals surface area contributed by atoms with Gasteiger partial charge in [0, 0.05) is 24.2 Å². The molecule has 1 aliphatic rings. The first-order chi connectivity index (χ1) is 8.40. The molecule has 0 radical (unpaired) electrons. The van der Waals surface area contributed by atoms with Gasteiger partial charge in [-0.3, -0.25) is 4.68 Å². The van der Waals surface area contributed by atoms with Gasteiger partial charge in [0.1, 0.15) is 5.69 Å². The molecule has 2 aromatic heterocycles. The van der Waals surface area contributed by atoms with Crippen LogP contribution in [0.5, 0.6) is 0 Å². The van der Waals surface area contributed by atoms with Gasteiger partial charge in [0.25, 0.3) is 0 Å². The molecule has 0 aliphatic carbocycles. The standard InChI is InChI=1S/C12H15N3OS/c13-4-5-15-10-3-6-16-8-9(10)12(14-15)11-2-1-7-17-11/h1-2,7H,3-6,8,13H2. The monoisotopic (exact) mass is 249 g/mol. The molecule has 3 heterocycles. The predicted octanol–water partition coefficient (Wildman–Crippen LogP) is 1.64. The molecule has 2 aromatic rings. The summed E-state index contributed by atoms with van der Waals surface area (Å²) in [4.78, 5) is 1.21. The minimum absolute atomic E-state index is 0.624. The molecule has 0 unspecified atom stereocenters. The highest BCUT2D eigenvalue weighted by Gasteiger charge is 2.22. The molecule has 0 amide bonds. The van der Waals surface area contributed by atoms with Crippen LogP contribution in [0.15, 0.2) is 17.5 Å². The second kappa shape index (κ2) is 4.60. The Balaban J connectivity index is 2.09. The Morgan fingerprint density at radius 1 is 1.53 bits per heavy atom. The average Bonchev–Trinajstić information content (AvgIpc) is 2.97. The van der Waals surface area contributed by atoms with Crippen molar-refractivity contribution in [1.29, 1.82) is 0 Å². The molecular weight excluding hydrogens is 234 g/mol. The van der Waals surface area contributed by atoms with Crippen molar-refractivity contribution in [2.45, 2.75) is 19.6 Å². The number of aromatic nitrogens is 2. The molecule has 0 fully saturated rings. The summed E-state index contributed by atoms with van der Waals surface area (Å²) in [5.74, 6) is 0. The third-order valence-corrected chi connectivity index (χ3v) is 3.87. The second-order valence-electron chi connectivity index (χ2n) is 4.07. The topological polar surface area (TPSA) is 53.1 Å². The zero-order valence-electron chi connectivity index (χ0n) is 9.56. The molecule has 5 heteroatoms. The van der Waals surface area contributed by atoms with Gasteiger partial charge < -0.3 is 10.5 Å². The van der Waals surface area contributed by atoms with E-state index in [1.807, 2.05) is 4.68 Å². The molecule has 0 atom stereocenters. The first kappa shape index (κ1) is 11.0. The van der Waals surface area contributed by atoms with E-state index < -0.39 is 0 Å². The Morgan fingerprint density at radius 2 is 2.47 bits per heavy atom. The van der Waals surface area contributed by atoms with Gasteiger partial charge in [-0.05, 0) is 11.4 Å². The number of ether oxygens (including phenoxy) is 1. The maximum atomic E-state index is 5.63. The highest BCUT2D eigenvalue weighted by molar-refractivity contribution is 7.13. The predicted molar refractivity (Wildman–Crippen MR) is 68.0 cm³/mol. The lowest BCUT2D eigenvalue weighted by Crippen LogP contribution is -2.17. The summed E-state index contributed by atoms with van der Waals surface area (Å²) < 4.78 is 7.59. The van der Waals surface area contributed by atoms with E-state index in [1.165, 1.54) is 16.1 Å². The Bertz CT molecular complexity index is 504. The van der Waals surface area contributed by atoms with Crippen LogP contribution < -0.4 is 5.73 Å². The smallest absolute Gasteiger partial charge is 0.108 e. The molecule has 3 rings (SSSR count). The van der Waals surface area contributed by atoms with Crippen molar-refractivity contribution >= 4 is 11.3 Å². The average molecular weight is 249 g/mol. The lowest BCUT2D eigenvalue weighted by molar-refractivity contribution is 0.109. The normalized spacial score (nSPS) is 14.9. The largest absolute Gasteiger partial charge is 0.376 e. The molecule has 0 saturated carbocycles. The number of rotatable bonds is 3. The summed E-state index contributed by atoms with van der Waals surface area (Å²) in [7, 11) is 0. The summed E-state index contributed by atoms with van der Waals surface area (Å²) in [6, 6.07) is 4.16. The van der Waals surface area contributed by atoms with Gasteiger partial charge >= 0.3 is 0 Å². The number of nitrogens with two attached hydrogens (primary N) is 1. The first-order valence-corrected chi connectivity index (χ1v) is 6.68. The minimum atomic E-state index is 0.624. The molecule has 17 heavy (non-hydrogen) atoms. The van der Waals surface area contributed by atoms with E-state index in [0.29, 0.717) is 13.2 Å². The molecule has 0 spiro atoms. The Kier molecular flexibility index (Phi) is 2.96. The van der Waals surface area contributed by atoms with Crippen LogP contribution in [0.25, 0.3) is 10.6 Å². The molecule has 2 N–H and O–H groups in total. The zero-order chi connectivity index (χ0) is 11.7. The van der Waals surface area contributed by atoms with Gasteiger partial charge in [-0.25, -0.2) is 0 Å². The lowest BCUT2D eigenvalue weighted by Gasteiger charge is -2.14. The number of thiophene rings is 1. The second-order valence-corrected chi connectivity index (χ2v) is 5.01. The number of nitrogens with zero attached hydrogens (tertiary/aromatic N) is 2. The molecule has 90 valence electrons. The van der Waals surface area contributed by atoms with Crippen molar-refractivity contribution in [2.24, 2.45) is 5.73 Å². The van der Waals surface area contributed by atoms with Crippen LogP contribution in [0, 0.1) is 0 Å². The van der Waals surface area contributed by atoms with Crippen molar-refractivity contribution in [3.63, 3.8) is 0 Å². The van der Waals surface area contributed by atoms with Crippen molar-refractivity contribution < 1.29 is 4.74 Å². The van der Waals surface area contributed by atoms with Gasteiger partial charge in [0.05, 0.1) is 24.6 Å². The molecule has 0 bridgehead atoms. The van der Waals surface area contributed by atoms with Crippen molar-refractivity contribution in [3.8, 4) is 10.6 Å². The molecule has 1 aliphatic heterocycles. The third kappa shape index (κ3) is 1.90. The maximum absolute atomic E-state index is 5.63. The van der Waals surface area contributed by atoms with Crippen LogP contribution >= 0.6 is 11.3 Å². The number of fused-ring (bicyclic) bond motifs is 1. The van der Waals surface area contributed by atoms with Crippen LogP contribution in [-0.2, 0) is 24.3 Å². The van der Waals surface area contributed by atoms with Crippen molar-refractivity contribution in [1.82, 2.24) is 9.78 Å². The Labute approximate surface area is 104 Å². The fraction of sp³-hybridized carbons (Fsp3) is 0.417. The quantitative estimate of drug-likeness (QED) is 0.899. The fourth-order valence-electron chi connectivity index (χ4n) is 2.23. The fourth-order valence-corrected chi connectivity index (χ4v) is 2.96. The van der Waals surface area contributed by atoms with Crippen LogP contribution in [0.4, 0.5) is 0 Å². The van der Waals surface area contributed by atoms with Gasteiger partial charge in [-0.2, -0.15) is 5.10 Å². The lowest BCUT2D eigenvalue weighted by atomic mass is 10.1. The van der Waals surface area contributed by atoms with E-state index in [2.05, 4.69) is 17.5 Å². The van der Waals surface area contributed by atoms with Crippen LogP contribution in [0.3, 0.4) is 0 Å². The van der Waals surface area contributed by atoms with Crippen LogP contribution in [0.2, 0.25) is 0 Å². The van der Waals surface area contributed by atoms with E-state index in [-0.39, 0.29) is 0 Å². The summed E-state index contributed by atoms with van der Waals surface area (Å²) >= 11 is 1.72. The van der Waals surface area contributed by atoms with Crippen LogP contribution in [-0.4, -0.2) is 22.9 Å². The first-order valence-electron chi connectivity index (χ1n) is 5.80. The summed E-state index contributed by atoms with van der Waals surface area (Å²) in [5.41, 5.74) is 9.24. The van der Waals surface area contributed by atoms with E-state index in [1.54, 1.807) is 11.3 Å². The molecular formula is C12H15N3OS.